The van der Waals surface area contributed by atoms with E-state index >= 15 is 0 Å². The Morgan fingerprint density at radius 3 is 2.54 bits per heavy atom. The minimum Gasteiger partial charge on any atom is -0.490 e. The Labute approximate surface area is 165 Å². The molecule has 1 saturated heterocycles. The molecule has 0 aliphatic carbocycles. The van der Waals surface area contributed by atoms with E-state index < -0.39 is 0 Å². The van der Waals surface area contributed by atoms with Crippen LogP contribution in [0.3, 0.4) is 0 Å². The summed E-state index contributed by atoms with van der Waals surface area (Å²) in [5, 5.41) is 5.73. The summed E-state index contributed by atoms with van der Waals surface area (Å²) in [6.07, 6.45) is 2.10. The molecule has 0 saturated carbocycles. The van der Waals surface area contributed by atoms with Crippen molar-refractivity contribution in [2.75, 3.05) is 18.5 Å². The molecular weight excluding hydrogens is 356 g/mol. The third kappa shape index (κ3) is 5.33. The molecule has 2 amide bonds. The van der Waals surface area contributed by atoms with Gasteiger partial charge >= 0.3 is 0 Å². The number of nitrogens with one attached hydrogen (secondary N) is 2. The molecule has 148 valence electrons. The normalized spacial score (nSPS) is 16.0. The molecule has 2 aromatic rings. The maximum absolute atomic E-state index is 12.6. The molecule has 3 rings (SSSR count). The molecule has 1 fully saturated rings. The molecular formula is C22H26N2O4. The van der Waals surface area contributed by atoms with Crippen LogP contribution in [0, 0.1) is 0 Å². The summed E-state index contributed by atoms with van der Waals surface area (Å²) >= 11 is 0. The number of benzene rings is 2. The van der Waals surface area contributed by atoms with Gasteiger partial charge in [0.25, 0.3) is 11.8 Å². The molecule has 6 heteroatoms. The van der Waals surface area contributed by atoms with Gasteiger partial charge in [0.2, 0.25) is 0 Å². The van der Waals surface area contributed by atoms with E-state index in [1.807, 2.05) is 19.9 Å². The molecule has 0 spiro atoms. The summed E-state index contributed by atoms with van der Waals surface area (Å²) in [4.78, 5) is 24.8. The molecule has 1 aliphatic rings. The number of ether oxygens (including phenoxy) is 2. The zero-order valence-corrected chi connectivity index (χ0v) is 16.2. The Hall–Kier alpha value is -2.86. The van der Waals surface area contributed by atoms with E-state index in [1.54, 1.807) is 42.5 Å². The molecule has 0 radical (unpaired) electrons. The van der Waals surface area contributed by atoms with Crippen LogP contribution in [0.15, 0.2) is 48.5 Å². The van der Waals surface area contributed by atoms with Crippen molar-refractivity contribution in [2.24, 2.45) is 0 Å². The first-order valence-electron chi connectivity index (χ1n) is 9.60. The lowest BCUT2D eigenvalue weighted by atomic mass is 10.1. The van der Waals surface area contributed by atoms with E-state index in [4.69, 9.17) is 9.47 Å². The second-order valence-corrected chi connectivity index (χ2v) is 7.04. The average molecular weight is 382 g/mol. The van der Waals surface area contributed by atoms with Gasteiger partial charge in [-0.2, -0.15) is 0 Å². The second-order valence-electron chi connectivity index (χ2n) is 7.04. The minimum absolute atomic E-state index is 0.0265. The van der Waals surface area contributed by atoms with Crippen LogP contribution in [0.1, 0.15) is 47.4 Å². The van der Waals surface area contributed by atoms with E-state index in [1.165, 1.54) is 0 Å². The summed E-state index contributed by atoms with van der Waals surface area (Å²) in [6.45, 7) is 5.11. The highest BCUT2D eigenvalue weighted by Crippen LogP contribution is 2.21. The molecule has 1 atom stereocenters. The van der Waals surface area contributed by atoms with Gasteiger partial charge in [-0.1, -0.05) is 12.1 Å². The van der Waals surface area contributed by atoms with E-state index in [0.717, 1.165) is 19.4 Å². The van der Waals surface area contributed by atoms with Crippen LogP contribution in [-0.4, -0.2) is 37.2 Å². The van der Waals surface area contributed by atoms with Gasteiger partial charge in [-0.3, -0.25) is 9.59 Å². The molecule has 1 aliphatic heterocycles. The third-order valence-electron chi connectivity index (χ3n) is 4.41. The maximum Gasteiger partial charge on any atom is 0.259 e. The number of rotatable bonds is 7. The molecule has 2 N–H and O–H groups in total. The van der Waals surface area contributed by atoms with Crippen molar-refractivity contribution < 1.29 is 19.1 Å². The topological polar surface area (TPSA) is 76.7 Å². The average Bonchev–Trinajstić information content (AvgIpc) is 3.20. The van der Waals surface area contributed by atoms with Crippen molar-refractivity contribution in [2.45, 2.75) is 38.9 Å². The van der Waals surface area contributed by atoms with Gasteiger partial charge in [0.15, 0.2) is 0 Å². The van der Waals surface area contributed by atoms with Gasteiger partial charge in [-0.15, -0.1) is 0 Å². The predicted molar refractivity (Wildman–Crippen MR) is 108 cm³/mol. The molecule has 6 nitrogen and oxygen atoms in total. The number of carbonyl (C=O) groups is 2. The van der Waals surface area contributed by atoms with E-state index in [9.17, 15) is 9.59 Å². The van der Waals surface area contributed by atoms with Gasteiger partial charge in [-0.05, 0) is 63.1 Å². The molecule has 0 bridgehead atoms. The fourth-order valence-electron chi connectivity index (χ4n) is 3.03. The Bertz CT molecular complexity index is 812. The Balaban J connectivity index is 1.59. The van der Waals surface area contributed by atoms with Gasteiger partial charge in [0.1, 0.15) is 5.75 Å². The fraction of sp³-hybridized carbons (Fsp3) is 0.364. The third-order valence-corrected chi connectivity index (χ3v) is 4.41. The Morgan fingerprint density at radius 2 is 1.86 bits per heavy atom. The highest BCUT2D eigenvalue weighted by Gasteiger charge is 2.17. The van der Waals surface area contributed by atoms with Crippen molar-refractivity contribution in [1.82, 2.24) is 5.32 Å². The van der Waals surface area contributed by atoms with Crippen LogP contribution < -0.4 is 15.4 Å². The summed E-state index contributed by atoms with van der Waals surface area (Å²) in [7, 11) is 0. The fourth-order valence-corrected chi connectivity index (χ4v) is 3.03. The number of amides is 2. The largest absolute Gasteiger partial charge is 0.490 e. The molecule has 2 aromatic carbocycles. The van der Waals surface area contributed by atoms with Crippen LogP contribution in [0.5, 0.6) is 5.75 Å². The molecule has 0 aromatic heterocycles. The van der Waals surface area contributed by atoms with Gasteiger partial charge in [0, 0.05) is 24.4 Å². The smallest absolute Gasteiger partial charge is 0.259 e. The van der Waals surface area contributed by atoms with Crippen LogP contribution >= 0.6 is 0 Å². The molecule has 1 heterocycles. The van der Waals surface area contributed by atoms with E-state index in [-0.39, 0.29) is 24.0 Å². The highest BCUT2D eigenvalue weighted by molar-refractivity contribution is 6.06. The summed E-state index contributed by atoms with van der Waals surface area (Å²) < 4.78 is 11.2. The van der Waals surface area contributed by atoms with Crippen molar-refractivity contribution >= 4 is 17.5 Å². The van der Waals surface area contributed by atoms with Crippen LogP contribution in [0.2, 0.25) is 0 Å². The molecule has 28 heavy (non-hydrogen) atoms. The first-order chi connectivity index (χ1) is 13.5. The highest BCUT2D eigenvalue weighted by atomic mass is 16.5. The lowest BCUT2D eigenvalue weighted by molar-refractivity contribution is 0.0857. The Kier molecular flexibility index (Phi) is 6.66. The van der Waals surface area contributed by atoms with Crippen LogP contribution in [0.25, 0.3) is 0 Å². The molecule has 1 unspecified atom stereocenters. The van der Waals surface area contributed by atoms with Crippen LogP contribution in [0.4, 0.5) is 5.69 Å². The monoisotopic (exact) mass is 382 g/mol. The summed E-state index contributed by atoms with van der Waals surface area (Å²) in [5.41, 5.74) is 1.62. The van der Waals surface area contributed by atoms with Crippen molar-refractivity contribution in [3.05, 3.63) is 59.7 Å². The zero-order valence-electron chi connectivity index (χ0n) is 16.2. The Morgan fingerprint density at radius 1 is 1.11 bits per heavy atom. The van der Waals surface area contributed by atoms with Crippen molar-refractivity contribution in [1.29, 1.82) is 0 Å². The van der Waals surface area contributed by atoms with Gasteiger partial charge in [0.05, 0.1) is 17.8 Å². The van der Waals surface area contributed by atoms with Crippen LogP contribution in [-0.2, 0) is 4.74 Å². The van der Waals surface area contributed by atoms with Crippen molar-refractivity contribution in [3.8, 4) is 5.75 Å². The number of anilines is 1. The predicted octanol–water partition coefficient (Wildman–Crippen LogP) is 3.63. The second kappa shape index (κ2) is 9.37. The first-order valence-corrected chi connectivity index (χ1v) is 9.60. The van der Waals surface area contributed by atoms with Crippen molar-refractivity contribution in [3.63, 3.8) is 0 Å². The number of para-hydroxylation sites is 1. The summed E-state index contributed by atoms with van der Waals surface area (Å²) in [6, 6.07) is 13.9. The standard InChI is InChI=1S/C22H26N2O4/c1-15(2)28-20-8-4-3-7-19(20)22(26)24-17-11-9-16(10-12-17)21(25)23-14-18-6-5-13-27-18/h3-4,7-12,15,18H,5-6,13-14H2,1-2H3,(H,23,25)(H,24,26). The van der Waals surface area contributed by atoms with Gasteiger partial charge in [-0.25, -0.2) is 0 Å². The summed E-state index contributed by atoms with van der Waals surface area (Å²) in [5.74, 6) is 0.135. The first kappa shape index (κ1) is 19.9. The zero-order chi connectivity index (χ0) is 19.9. The quantitative estimate of drug-likeness (QED) is 0.767. The number of hydrogen-bond donors (Lipinski definition) is 2. The minimum atomic E-state index is -0.258. The van der Waals surface area contributed by atoms with Gasteiger partial charge < -0.3 is 20.1 Å². The number of carbonyl (C=O) groups excluding carboxylic acids is 2. The maximum atomic E-state index is 12.6. The lowest BCUT2D eigenvalue weighted by Gasteiger charge is -2.14. The SMILES string of the molecule is CC(C)Oc1ccccc1C(=O)Nc1ccc(C(=O)NCC2CCCO2)cc1. The lowest BCUT2D eigenvalue weighted by Crippen LogP contribution is -2.31. The van der Waals surface area contributed by atoms with E-state index in [2.05, 4.69) is 10.6 Å². The van der Waals surface area contributed by atoms with E-state index in [0.29, 0.717) is 29.1 Å². The number of hydrogen-bond acceptors (Lipinski definition) is 4.